The molecule has 3 heteroatoms. The number of aliphatic hydroxyl groups is 1. The minimum atomic E-state index is -0.651. The Bertz CT molecular complexity index is 373. The van der Waals surface area contributed by atoms with E-state index in [1.54, 1.807) is 0 Å². The zero-order chi connectivity index (χ0) is 11.8. The number of hydrogen-bond acceptors (Lipinski definition) is 3. The first-order valence-corrected chi connectivity index (χ1v) is 5.64. The molecule has 1 aromatic rings. The van der Waals surface area contributed by atoms with Crippen LogP contribution >= 0.6 is 0 Å². The predicted octanol–water partition coefficient (Wildman–Crippen LogP) is 2.30. The fourth-order valence-electron chi connectivity index (χ4n) is 2.05. The van der Waals surface area contributed by atoms with Gasteiger partial charge in [0.1, 0.15) is 23.6 Å². The third-order valence-corrected chi connectivity index (χ3v) is 2.94. The van der Waals surface area contributed by atoms with Gasteiger partial charge >= 0.3 is 0 Å². The topological polar surface area (TPSA) is 38.7 Å². The second kappa shape index (κ2) is 4.07. The van der Waals surface area contributed by atoms with Crippen LogP contribution < -0.4 is 4.74 Å². The second-order valence-electron chi connectivity index (χ2n) is 4.56. The molecule has 1 aliphatic heterocycles. The fraction of sp³-hybridized carbons (Fsp3) is 0.538. The molecule has 1 aliphatic rings. The lowest BCUT2D eigenvalue weighted by atomic mass is 9.88. The maximum absolute atomic E-state index is 10.2. The highest BCUT2D eigenvalue weighted by Gasteiger charge is 2.43. The standard InChI is InChI=1S/C13H18O3/c1-4-15-11-9-7-5-6-8-10(9)16-13(2,3)12(11)14/h5-8,11-12,14H,4H2,1-3H3/t11-,12+/m1/s1. The molecule has 2 rings (SSSR count). The summed E-state index contributed by atoms with van der Waals surface area (Å²) in [4.78, 5) is 0. The average Bonchev–Trinajstić information content (AvgIpc) is 2.24. The maximum atomic E-state index is 10.2. The summed E-state index contributed by atoms with van der Waals surface area (Å²) in [5.74, 6) is 0.802. The summed E-state index contributed by atoms with van der Waals surface area (Å²) >= 11 is 0. The maximum Gasteiger partial charge on any atom is 0.132 e. The van der Waals surface area contributed by atoms with Gasteiger partial charge in [-0.05, 0) is 26.8 Å². The molecule has 2 atom stereocenters. The SMILES string of the molecule is CCO[C@@H]1c2ccccc2OC(C)(C)[C@H]1O. The molecule has 0 saturated heterocycles. The first-order valence-electron chi connectivity index (χ1n) is 5.64. The number of rotatable bonds is 2. The molecule has 0 bridgehead atoms. The Balaban J connectivity index is 2.42. The highest BCUT2D eigenvalue weighted by Crippen LogP contribution is 2.41. The smallest absolute Gasteiger partial charge is 0.132 e. The van der Waals surface area contributed by atoms with Gasteiger partial charge in [-0.3, -0.25) is 0 Å². The van der Waals surface area contributed by atoms with Gasteiger partial charge < -0.3 is 14.6 Å². The summed E-state index contributed by atoms with van der Waals surface area (Å²) < 4.78 is 11.4. The van der Waals surface area contributed by atoms with Crippen LogP contribution in [0, 0.1) is 0 Å². The van der Waals surface area contributed by atoms with Crippen LogP contribution in [0.4, 0.5) is 0 Å². The van der Waals surface area contributed by atoms with Gasteiger partial charge in [0.05, 0.1) is 0 Å². The van der Waals surface area contributed by atoms with E-state index in [4.69, 9.17) is 9.47 Å². The van der Waals surface area contributed by atoms with E-state index in [0.29, 0.717) is 6.61 Å². The van der Waals surface area contributed by atoms with Gasteiger partial charge in [-0.1, -0.05) is 18.2 Å². The van der Waals surface area contributed by atoms with Crippen LogP contribution in [0.1, 0.15) is 32.4 Å². The second-order valence-corrected chi connectivity index (χ2v) is 4.56. The van der Waals surface area contributed by atoms with Crippen molar-refractivity contribution in [3.63, 3.8) is 0 Å². The predicted molar refractivity (Wildman–Crippen MR) is 61.5 cm³/mol. The molecule has 1 heterocycles. The largest absolute Gasteiger partial charge is 0.485 e. The molecule has 0 radical (unpaired) electrons. The average molecular weight is 222 g/mol. The van der Waals surface area contributed by atoms with E-state index < -0.39 is 11.7 Å². The Morgan fingerprint density at radius 1 is 1.38 bits per heavy atom. The summed E-state index contributed by atoms with van der Waals surface area (Å²) in [7, 11) is 0. The molecule has 88 valence electrons. The van der Waals surface area contributed by atoms with Gasteiger partial charge in [-0.15, -0.1) is 0 Å². The number of ether oxygens (including phenoxy) is 2. The Morgan fingerprint density at radius 2 is 2.06 bits per heavy atom. The Kier molecular flexibility index (Phi) is 2.91. The Morgan fingerprint density at radius 3 is 2.75 bits per heavy atom. The van der Waals surface area contributed by atoms with Crippen LogP contribution in [0.15, 0.2) is 24.3 Å². The van der Waals surface area contributed by atoms with Crippen molar-refractivity contribution in [2.45, 2.75) is 38.6 Å². The zero-order valence-corrected chi connectivity index (χ0v) is 9.93. The summed E-state index contributed by atoms with van der Waals surface area (Å²) in [6.07, 6.45) is -0.952. The molecule has 0 amide bonds. The molecule has 3 nitrogen and oxygen atoms in total. The first-order chi connectivity index (χ1) is 7.56. The third-order valence-electron chi connectivity index (χ3n) is 2.94. The molecule has 0 fully saturated rings. The van der Waals surface area contributed by atoms with Crippen LogP contribution in [0.25, 0.3) is 0 Å². The number of aliphatic hydroxyl groups excluding tert-OH is 1. The van der Waals surface area contributed by atoms with E-state index in [0.717, 1.165) is 11.3 Å². The fourth-order valence-corrected chi connectivity index (χ4v) is 2.05. The molecule has 1 N–H and O–H groups in total. The molecule has 1 aromatic carbocycles. The van der Waals surface area contributed by atoms with Gasteiger partial charge in [0, 0.05) is 12.2 Å². The summed E-state index contributed by atoms with van der Waals surface area (Å²) in [6, 6.07) is 7.71. The molecule has 0 aromatic heterocycles. The van der Waals surface area contributed by atoms with Crippen molar-refractivity contribution in [1.82, 2.24) is 0 Å². The summed E-state index contributed by atoms with van der Waals surface area (Å²) in [5.41, 5.74) is 0.310. The molecule has 0 saturated carbocycles. The van der Waals surface area contributed by atoms with E-state index in [9.17, 15) is 5.11 Å². The first kappa shape index (κ1) is 11.4. The monoisotopic (exact) mass is 222 g/mol. The lowest BCUT2D eigenvalue weighted by Crippen LogP contribution is -2.49. The van der Waals surface area contributed by atoms with Gasteiger partial charge in [0.2, 0.25) is 0 Å². The molecule has 0 spiro atoms. The van der Waals surface area contributed by atoms with Crippen molar-refractivity contribution in [1.29, 1.82) is 0 Å². The van der Waals surface area contributed by atoms with E-state index in [1.165, 1.54) is 0 Å². The van der Waals surface area contributed by atoms with E-state index in [1.807, 2.05) is 45.0 Å². The highest BCUT2D eigenvalue weighted by molar-refractivity contribution is 5.39. The summed E-state index contributed by atoms with van der Waals surface area (Å²) in [6.45, 7) is 6.25. The molecular weight excluding hydrogens is 204 g/mol. The number of para-hydroxylation sites is 1. The third kappa shape index (κ3) is 1.81. The van der Waals surface area contributed by atoms with Crippen molar-refractivity contribution in [2.24, 2.45) is 0 Å². The van der Waals surface area contributed by atoms with Crippen LogP contribution in [0.2, 0.25) is 0 Å². The van der Waals surface area contributed by atoms with Crippen LogP contribution in [-0.4, -0.2) is 23.4 Å². The molecule has 0 unspecified atom stereocenters. The number of fused-ring (bicyclic) bond motifs is 1. The molecule has 0 aliphatic carbocycles. The highest BCUT2D eigenvalue weighted by atomic mass is 16.5. The molecular formula is C13H18O3. The van der Waals surface area contributed by atoms with Crippen molar-refractivity contribution in [3.8, 4) is 5.75 Å². The van der Waals surface area contributed by atoms with Crippen molar-refractivity contribution >= 4 is 0 Å². The van der Waals surface area contributed by atoms with Crippen LogP contribution in [0.3, 0.4) is 0 Å². The summed E-state index contributed by atoms with van der Waals surface area (Å²) in [5, 5.41) is 10.2. The molecule has 16 heavy (non-hydrogen) atoms. The van der Waals surface area contributed by atoms with Gasteiger partial charge in [-0.2, -0.15) is 0 Å². The van der Waals surface area contributed by atoms with E-state index in [2.05, 4.69) is 0 Å². The normalized spacial score (nSPS) is 27.0. The van der Waals surface area contributed by atoms with Crippen molar-refractivity contribution < 1.29 is 14.6 Å². The van der Waals surface area contributed by atoms with Crippen molar-refractivity contribution in [3.05, 3.63) is 29.8 Å². The lowest BCUT2D eigenvalue weighted by molar-refractivity contribution is -0.132. The van der Waals surface area contributed by atoms with E-state index >= 15 is 0 Å². The number of hydrogen-bond donors (Lipinski definition) is 1. The minimum Gasteiger partial charge on any atom is -0.485 e. The Hall–Kier alpha value is -1.06. The lowest BCUT2D eigenvalue weighted by Gasteiger charge is -2.41. The minimum absolute atomic E-state index is 0.301. The number of benzene rings is 1. The van der Waals surface area contributed by atoms with Gasteiger partial charge in [-0.25, -0.2) is 0 Å². The zero-order valence-electron chi connectivity index (χ0n) is 9.93. The van der Waals surface area contributed by atoms with Gasteiger partial charge in [0.25, 0.3) is 0 Å². The van der Waals surface area contributed by atoms with Crippen LogP contribution in [-0.2, 0) is 4.74 Å². The van der Waals surface area contributed by atoms with Crippen molar-refractivity contribution in [2.75, 3.05) is 6.61 Å². The quantitative estimate of drug-likeness (QED) is 0.834. The Labute approximate surface area is 96.0 Å². The van der Waals surface area contributed by atoms with E-state index in [-0.39, 0.29) is 6.10 Å². The van der Waals surface area contributed by atoms with Gasteiger partial charge in [0.15, 0.2) is 0 Å². The van der Waals surface area contributed by atoms with Crippen LogP contribution in [0.5, 0.6) is 5.75 Å².